The van der Waals surface area contributed by atoms with Crippen molar-refractivity contribution in [3.63, 3.8) is 0 Å². The number of hydrogen-bond acceptors (Lipinski definition) is 5. The highest BCUT2D eigenvalue weighted by Crippen LogP contribution is 2.69. The summed E-state index contributed by atoms with van der Waals surface area (Å²) in [5.41, 5.74) is 4.70. The first-order valence-electron chi connectivity index (χ1n) is 17.2. The maximum Gasteiger partial charge on any atom is 0.251 e. The van der Waals surface area contributed by atoms with E-state index in [1.165, 1.54) is 0 Å². The minimum atomic E-state index is -0.879. The maximum atomic E-state index is 15.3. The third-order valence-corrected chi connectivity index (χ3v) is 12.8. The van der Waals surface area contributed by atoms with Crippen molar-refractivity contribution < 1.29 is 19.5 Å². The van der Waals surface area contributed by atoms with Gasteiger partial charge in [0.15, 0.2) is 0 Å². The number of anilines is 1. The van der Waals surface area contributed by atoms with E-state index >= 15 is 9.59 Å². The molecule has 0 aromatic heterocycles. The van der Waals surface area contributed by atoms with Gasteiger partial charge in [-0.25, -0.2) is 0 Å². The summed E-state index contributed by atoms with van der Waals surface area (Å²) in [6, 6.07) is 24.1. The molecule has 3 fully saturated rings. The molecule has 6 rings (SSSR count). The van der Waals surface area contributed by atoms with Crippen LogP contribution in [0.1, 0.15) is 35.6 Å². The molecule has 3 aliphatic heterocycles. The van der Waals surface area contributed by atoms with Gasteiger partial charge in [0, 0.05) is 30.6 Å². The summed E-state index contributed by atoms with van der Waals surface area (Å²) in [5.74, 6) is -1.81. The Kier molecular flexibility index (Phi) is 10.2. The quantitative estimate of drug-likeness (QED) is 0.225. The van der Waals surface area contributed by atoms with Gasteiger partial charge in [0.25, 0.3) is 5.91 Å². The van der Waals surface area contributed by atoms with Crippen molar-refractivity contribution in [3.05, 3.63) is 126 Å². The lowest BCUT2D eigenvalue weighted by atomic mass is 9.65. The molecule has 8 heteroatoms. The number of benzene rings is 3. The number of carbonyl (C=O) groups excluding carboxylic acids is 3. The number of nitrogens with zero attached hydrogens (tertiary/aromatic N) is 3. The number of likely N-dealkylation sites (tertiary alicyclic amines) is 1. The van der Waals surface area contributed by atoms with Gasteiger partial charge in [-0.15, -0.1) is 24.9 Å². The Bertz CT molecular complexity index is 1710. The molecule has 3 aliphatic rings. The van der Waals surface area contributed by atoms with E-state index in [-0.39, 0.29) is 42.0 Å². The van der Waals surface area contributed by atoms with E-state index in [4.69, 9.17) is 0 Å². The van der Waals surface area contributed by atoms with Crippen LogP contribution < -0.4 is 4.90 Å². The highest BCUT2D eigenvalue weighted by atomic mass is 32.2. The fourth-order valence-electron chi connectivity index (χ4n) is 8.55. The van der Waals surface area contributed by atoms with Crippen molar-refractivity contribution in [1.82, 2.24) is 9.80 Å². The third-order valence-electron chi connectivity index (χ3n) is 10.7. The molecule has 256 valence electrons. The molecule has 0 radical (unpaired) electrons. The van der Waals surface area contributed by atoms with Gasteiger partial charge in [-0.05, 0) is 60.9 Å². The molecule has 3 heterocycles. The van der Waals surface area contributed by atoms with Crippen LogP contribution in [0.4, 0.5) is 5.69 Å². The molecule has 0 aliphatic carbocycles. The second-order valence-corrected chi connectivity index (χ2v) is 15.4. The lowest BCUT2D eigenvalue weighted by Crippen LogP contribution is -2.60. The standard InChI is InChI=1S/C41H47N3O4S/c1-6-20-42(25-31-16-12-9-13-17-31)38(46)35-34-23-29(5)41(49-34)36(35)39(47)44(32(26-45)24-30-14-10-8-11-15-30)37(41)40(48)43(21-7-2)33-22-27(3)18-19-28(33)4/h6-19,22,29,32,34-37,45H,1-2,20-21,23-26H2,3-5H3/t29?,32-,34-,35+,36+,37?,41?/m1/s1. The average Bonchev–Trinajstić information content (AvgIpc) is 3.71. The summed E-state index contributed by atoms with van der Waals surface area (Å²) < 4.78 is -0.840. The Morgan fingerprint density at radius 3 is 2.27 bits per heavy atom. The van der Waals surface area contributed by atoms with E-state index in [0.717, 1.165) is 34.4 Å². The molecule has 1 N–H and O–H groups in total. The van der Waals surface area contributed by atoms with Gasteiger partial charge in [-0.1, -0.05) is 91.9 Å². The SMILES string of the molecule is C=CCN(Cc1ccccc1)C(=O)[C@@H]1[C@H]2C(=O)N([C@@H](CO)Cc3ccccc3)C(C(=O)N(CC=C)c3cc(C)ccc3C)C23S[C@@H]1CC3C. The smallest absolute Gasteiger partial charge is 0.251 e. The second kappa shape index (κ2) is 14.4. The van der Waals surface area contributed by atoms with E-state index in [1.807, 2.05) is 92.7 Å². The average molecular weight is 678 g/mol. The third kappa shape index (κ3) is 6.14. The molecule has 1 spiro atoms. The highest BCUT2D eigenvalue weighted by molar-refractivity contribution is 8.02. The molecule has 3 aromatic carbocycles. The van der Waals surface area contributed by atoms with E-state index in [2.05, 4.69) is 20.1 Å². The first kappa shape index (κ1) is 34.7. The number of aliphatic hydroxyl groups is 1. The van der Waals surface area contributed by atoms with Crippen molar-refractivity contribution in [2.75, 3.05) is 24.6 Å². The summed E-state index contributed by atoms with van der Waals surface area (Å²) in [6.45, 7) is 14.7. The fourth-order valence-corrected chi connectivity index (χ4v) is 10.9. The molecule has 49 heavy (non-hydrogen) atoms. The summed E-state index contributed by atoms with van der Waals surface area (Å²) in [4.78, 5) is 50.4. The van der Waals surface area contributed by atoms with Gasteiger partial charge < -0.3 is 19.8 Å². The number of amides is 3. The zero-order chi connectivity index (χ0) is 34.9. The normalized spacial score (nSPS) is 25.9. The first-order chi connectivity index (χ1) is 23.7. The predicted molar refractivity (Wildman–Crippen MR) is 197 cm³/mol. The van der Waals surface area contributed by atoms with Gasteiger partial charge in [-0.2, -0.15) is 0 Å². The van der Waals surface area contributed by atoms with Crippen LogP contribution in [0.25, 0.3) is 0 Å². The van der Waals surface area contributed by atoms with Crippen LogP contribution in [-0.2, 0) is 27.3 Å². The van der Waals surface area contributed by atoms with Crippen LogP contribution in [0.5, 0.6) is 0 Å². The van der Waals surface area contributed by atoms with Crippen LogP contribution in [0.15, 0.2) is 104 Å². The number of fused-ring (bicyclic) bond motifs is 1. The van der Waals surface area contributed by atoms with Gasteiger partial charge in [-0.3, -0.25) is 14.4 Å². The van der Waals surface area contributed by atoms with Crippen molar-refractivity contribution in [1.29, 1.82) is 0 Å². The summed E-state index contributed by atoms with van der Waals surface area (Å²) >= 11 is 1.66. The van der Waals surface area contributed by atoms with Crippen LogP contribution in [0, 0.1) is 31.6 Å². The largest absolute Gasteiger partial charge is 0.394 e. The molecule has 3 unspecified atom stereocenters. The zero-order valence-electron chi connectivity index (χ0n) is 28.7. The Balaban J connectivity index is 1.46. The monoisotopic (exact) mass is 677 g/mol. The molecular formula is C41H47N3O4S. The Labute approximate surface area is 294 Å². The van der Waals surface area contributed by atoms with E-state index in [0.29, 0.717) is 19.5 Å². The molecule has 2 bridgehead atoms. The van der Waals surface area contributed by atoms with E-state index < -0.39 is 28.7 Å². The Hall–Kier alpha value is -4.14. The van der Waals surface area contributed by atoms with Crippen molar-refractivity contribution >= 4 is 35.2 Å². The Morgan fingerprint density at radius 2 is 1.63 bits per heavy atom. The second-order valence-electron chi connectivity index (χ2n) is 13.8. The summed E-state index contributed by atoms with van der Waals surface area (Å²) in [7, 11) is 0. The van der Waals surface area contributed by atoms with Crippen LogP contribution >= 0.6 is 11.8 Å². The molecule has 7 atom stereocenters. The summed E-state index contributed by atoms with van der Waals surface area (Å²) in [6.07, 6.45) is 4.56. The number of carbonyl (C=O) groups is 3. The molecule has 3 saturated heterocycles. The number of rotatable bonds is 13. The minimum absolute atomic E-state index is 0.0123. The molecule has 7 nitrogen and oxygen atoms in total. The lowest BCUT2D eigenvalue weighted by Gasteiger charge is -2.42. The maximum absolute atomic E-state index is 15.3. The van der Waals surface area contributed by atoms with Crippen LogP contribution in [0.3, 0.4) is 0 Å². The van der Waals surface area contributed by atoms with Crippen molar-refractivity contribution in [2.45, 2.75) is 62.2 Å². The van der Waals surface area contributed by atoms with Gasteiger partial charge in [0.05, 0.1) is 29.2 Å². The first-order valence-corrected chi connectivity index (χ1v) is 18.1. The van der Waals surface area contributed by atoms with Crippen molar-refractivity contribution in [2.24, 2.45) is 17.8 Å². The fraction of sp³-hybridized carbons (Fsp3) is 0.390. The van der Waals surface area contributed by atoms with Gasteiger partial charge in [0.1, 0.15) is 6.04 Å². The van der Waals surface area contributed by atoms with Gasteiger partial charge in [0.2, 0.25) is 11.8 Å². The summed E-state index contributed by atoms with van der Waals surface area (Å²) in [5, 5.41) is 10.9. The lowest BCUT2D eigenvalue weighted by molar-refractivity contribution is -0.145. The van der Waals surface area contributed by atoms with Crippen LogP contribution in [0.2, 0.25) is 0 Å². The van der Waals surface area contributed by atoms with Gasteiger partial charge >= 0.3 is 0 Å². The molecule has 0 saturated carbocycles. The number of aliphatic hydroxyl groups excluding tert-OH is 1. The van der Waals surface area contributed by atoms with E-state index in [1.54, 1.807) is 38.6 Å². The van der Waals surface area contributed by atoms with Crippen LogP contribution in [-0.4, -0.2) is 74.4 Å². The minimum Gasteiger partial charge on any atom is -0.394 e. The number of hydrogen-bond donors (Lipinski definition) is 1. The predicted octanol–water partition coefficient (Wildman–Crippen LogP) is 5.98. The number of thioether (sulfide) groups is 1. The Morgan fingerprint density at radius 1 is 0.980 bits per heavy atom. The molecule has 3 aromatic rings. The van der Waals surface area contributed by atoms with Crippen molar-refractivity contribution in [3.8, 4) is 0 Å². The molecule has 3 amide bonds. The number of aryl methyl sites for hydroxylation is 2. The molecular weight excluding hydrogens is 631 g/mol. The van der Waals surface area contributed by atoms with E-state index in [9.17, 15) is 9.90 Å². The topological polar surface area (TPSA) is 81.2 Å². The zero-order valence-corrected chi connectivity index (χ0v) is 29.5. The highest BCUT2D eigenvalue weighted by Gasteiger charge is 2.77.